The predicted molar refractivity (Wildman–Crippen MR) is 88.4 cm³/mol. The Hall–Kier alpha value is -2.59. The Morgan fingerprint density at radius 3 is 2.55 bits per heavy atom. The molecule has 4 heteroatoms. The lowest BCUT2D eigenvalue weighted by molar-refractivity contribution is 0.0999. The number of hydrogen-bond acceptors (Lipinski definition) is 3. The molecule has 112 valence electrons. The second-order valence-corrected chi connectivity index (χ2v) is 5.15. The van der Waals surface area contributed by atoms with Crippen molar-refractivity contribution in [2.45, 2.75) is 0 Å². The van der Waals surface area contributed by atoms with Crippen molar-refractivity contribution in [1.82, 2.24) is 4.98 Å². The van der Waals surface area contributed by atoms with Gasteiger partial charge in [0.05, 0.1) is 13.2 Å². The highest BCUT2D eigenvalue weighted by atomic mass is 16.3. The summed E-state index contributed by atoms with van der Waals surface area (Å²) in [6, 6.07) is 17.4. The van der Waals surface area contributed by atoms with Gasteiger partial charge in [0.25, 0.3) is 0 Å². The zero-order valence-electron chi connectivity index (χ0n) is 12.2. The van der Waals surface area contributed by atoms with Crippen LogP contribution in [-0.2, 0) is 0 Å². The molecule has 0 amide bonds. The summed E-state index contributed by atoms with van der Waals surface area (Å²) < 4.78 is 0. The molecule has 0 radical (unpaired) electrons. The number of ketones is 1. The van der Waals surface area contributed by atoms with Crippen molar-refractivity contribution in [2.75, 3.05) is 24.6 Å². The number of para-hydroxylation sites is 2. The lowest BCUT2D eigenvalue weighted by atomic mass is 10.1. The SMILES string of the molecule is O=C(CN(CCO)c1ccccc1)c1c[nH]c2ccccc12. The quantitative estimate of drug-likeness (QED) is 0.687. The number of aliphatic hydroxyl groups is 1. The maximum atomic E-state index is 12.6. The molecule has 0 atom stereocenters. The highest BCUT2D eigenvalue weighted by Crippen LogP contribution is 2.20. The zero-order chi connectivity index (χ0) is 15.4. The number of carbonyl (C=O) groups is 1. The third-order valence-corrected chi connectivity index (χ3v) is 3.72. The number of H-pyrrole nitrogens is 1. The molecule has 2 N–H and O–H groups in total. The second-order valence-electron chi connectivity index (χ2n) is 5.15. The lowest BCUT2D eigenvalue weighted by Gasteiger charge is -2.23. The van der Waals surface area contributed by atoms with Gasteiger partial charge in [0.1, 0.15) is 0 Å². The van der Waals surface area contributed by atoms with Gasteiger partial charge in [-0.25, -0.2) is 0 Å². The van der Waals surface area contributed by atoms with Gasteiger partial charge < -0.3 is 15.0 Å². The monoisotopic (exact) mass is 294 g/mol. The van der Waals surface area contributed by atoms with E-state index in [0.717, 1.165) is 16.6 Å². The molecule has 0 aliphatic rings. The first-order chi connectivity index (χ1) is 10.8. The molecule has 1 heterocycles. The van der Waals surface area contributed by atoms with E-state index in [1.165, 1.54) is 0 Å². The highest BCUT2D eigenvalue weighted by molar-refractivity contribution is 6.09. The summed E-state index contributed by atoms with van der Waals surface area (Å²) in [7, 11) is 0. The van der Waals surface area contributed by atoms with E-state index in [1.807, 2.05) is 59.5 Å². The number of aliphatic hydroxyl groups excluding tert-OH is 1. The molecule has 0 aliphatic heterocycles. The number of nitrogens with zero attached hydrogens (tertiary/aromatic N) is 1. The minimum atomic E-state index is 0.00998. The molecule has 2 aromatic carbocycles. The first kappa shape index (κ1) is 14.4. The van der Waals surface area contributed by atoms with Crippen LogP contribution in [0, 0.1) is 0 Å². The molecule has 3 rings (SSSR count). The molecule has 0 saturated carbocycles. The molecule has 0 spiro atoms. The minimum Gasteiger partial charge on any atom is -0.395 e. The van der Waals surface area contributed by atoms with Gasteiger partial charge >= 0.3 is 0 Å². The molecule has 0 bridgehead atoms. The van der Waals surface area contributed by atoms with Gasteiger partial charge in [-0.3, -0.25) is 4.79 Å². The number of hydrogen-bond donors (Lipinski definition) is 2. The second kappa shape index (κ2) is 6.45. The van der Waals surface area contributed by atoms with Gasteiger partial charge in [0, 0.05) is 34.9 Å². The third-order valence-electron chi connectivity index (χ3n) is 3.72. The van der Waals surface area contributed by atoms with E-state index < -0.39 is 0 Å². The lowest BCUT2D eigenvalue weighted by Crippen LogP contribution is -2.32. The Kier molecular flexibility index (Phi) is 4.21. The number of aromatic nitrogens is 1. The molecular weight excluding hydrogens is 276 g/mol. The number of carbonyl (C=O) groups excluding carboxylic acids is 1. The van der Waals surface area contributed by atoms with E-state index in [-0.39, 0.29) is 18.9 Å². The van der Waals surface area contributed by atoms with Gasteiger partial charge in [0.15, 0.2) is 5.78 Å². The number of Topliss-reactive ketones (excluding diaryl/α,β-unsaturated/α-hetero) is 1. The Morgan fingerprint density at radius 2 is 1.77 bits per heavy atom. The van der Waals surface area contributed by atoms with Crippen LogP contribution >= 0.6 is 0 Å². The predicted octanol–water partition coefficient (Wildman–Crippen LogP) is 2.85. The van der Waals surface area contributed by atoms with Gasteiger partial charge in [-0.2, -0.15) is 0 Å². The van der Waals surface area contributed by atoms with Crippen LogP contribution < -0.4 is 4.90 Å². The topological polar surface area (TPSA) is 56.3 Å². The molecule has 22 heavy (non-hydrogen) atoms. The van der Waals surface area contributed by atoms with Crippen molar-refractivity contribution >= 4 is 22.4 Å². The average Bonchev–Trinajstić information content (AvgIpc) is 2.99. The Balaban J connectivity index is 1.85. The first-order valence-electron chi connectivity index (χ1n) is 7.30. The average molecular weight is 294 g/mol. The molecule has 3 aromatic rings. The Labute approximate surface area is 129 Å². The summed E-state index contributed by atoms with van der Waals surface area (Å²) in [5.74, 6) is 0.0368. The molecule has 0 saturated heterocycles. The number of rotatable bonds is 6. The normalized spacial score (nSPS) is 10.8. The van der Waals surface area contributed by atoms with E-state index in [0.29, 0.717) is 12.1 Å². The van der Waals surface area contributed by atoms with Crippen LogP contribution in [0.25, 0.3) is 10.9 Å². The third kappa shape index (κ3) is 2.87. The maximum absolute atomic E-state index is 12.6. The van der Waals surface area contributed by atoms with Crippen LogP contribution in [0.3, 0.4) is 0 Å². The van der Waals surface area contributed by atoms with Gasteiger partial charge in [-0.05, 0) is 18.2 Å². The van der Waals surface area contributed by atoms with Crippen molar-refractivity contribution in [3.05, 3.63) is 66.4 Å². The fraction of sp³-hybridized carbons (Fsp3) is 0.167. The van der Waals surface area contributed by atoms with Crippen LogP contribution in [0.15, 0.2) is 60.8 Å². The smallest absolute Gasteiger partial charge is 0.184 e. The Morgan fingerprint density at radius 1 is 1.05 bits per heavy atom. The maximum Gasteiger partial charge on any atom is 0.184 e. The molecule has 0 fully saturated rings. The van der Waals surface area contributed by atoms with E-state index in [1.54, 1.807) is 6.20 Å². The number of nitrogens with one attached hydrogen (secondary N) is 1. The zero-order valence-corrected chi connectivity index (χ0v) is 12.2. The molecule has 0 aliphatic carbocycles. The summed E-state index contributed by atoms with van der Waals surface area (Å²) in [6.45, 7) is 0.681. The number of anilines is 1. The highest BCUT2D eigenvalue weighted by Gasteiger charge is 2.16. The fourth-order valence-corrected chi connectivity index (χ4v) is 2.62. The van der Waals surface area contributed by atoms with Gasteiger partial charge in [0.2, 0.25) is 0 Å². The van der Waals surface area contributed by atoms with Crippen molar-refractivity contribution < 1.29 is 9.90 Å². The molecule has 0 unspecified atom stereocenters. The summed E-state index contributed by atoms with van der Waals surface area (Å²) >= 11 is 0. The van der Waals surface area contributed by atoms with Gasteiger partial charge in [-0.15, -0.1) is 0 Å². The molecular formula is C18H18N2O2. The van der Waals surface area contributed by atoms with Crippen LogP contribution in [0.1, 0.15) is 10.4 Å². The van der Waals surface area contributed by atoms with Gasteiger partial charge in [-0.1, -0.05) is 36.4 Å². The summed E-state index contributed by atoms with van der Waals surface area (Å²) in [6.07, 6.45) is 1.76. The largest absolute Gasteiger partial charge is 0.395 e. The van der Waals surface area contributed by atoms with Crippen molar-refractivity contribution in [3.63, 3.8) is 0 Å². The number of fused-ring (bicyclic) bond motifs is 1. The Bertz CT molecular complexity index is 765. The summed E-state index contributed by atoms with van der Waals surface area (Å²) in [4.78, 5) is 17.7. The van der Waals surface area contributed by atoms with Crippen LogP contribution in [-0.4, -0.2) is 35.6 Å². The van der Waals surface area contributed by atoms with Crippen LogP contribution in [0.5, 0.6) is 0 Å². The minimum absolute atomic E-state index is 0.00998. The fourth-order valence-electron chi connectivity index (χ4n) is 2.62. The van der Waals surface area contributed by atoms with Crippen molar-refractivity contribution in [1.29, 1.82) is 0 Å². The number of benzene rings is 2. The van der Waals surface area contributed by atoms with E-state index in [9.17, 15) is 9.90 Å². The number of aromatic amines is 1. The first-order valence-corrected chi connectivity index (χ1v) is 7.30. The summed E-state index contributed by atoms with van der Waals surface area (Å²) in [5, 5.41) is 10.2. The van der Waals surface area contributed by atoms with Crippen LogP contribution in [0.4, 0.5) is 5.69 Å². The van der Waals surface area contributed by atoms with Crippen molar-refractivity contribution in [3.8, 4) is 0 Å². The van der Waals surface area contributed by atoms with Crippen LogP contribution in [0.2, 0.25) is 0 Å². The van der Waals surface area contributed by atoms with Crippen molar-refractivity contribution in [2.24, 2.45) is 0 Å². The molecule has 4 nitrogen and oxygen atoms in total. The molecule has 1 aromatic heterocycles. The van der Waals surface area contributed by atoms with E-state index >= 15 is 0 Å². The standard InChI is InChI=1S/C18H18N2O2/c21-11-10-20(14-6-2-1-3-7-14)13-18(22)16-12-19-17-9-5-4-8-15(16)17/h1-9,12,19,21H,10-11,13H2. The summed E-state index contributed by atoms with van der Waals surface area (Å²) in [5.41, 5.74) is 2.58. The van der Waals surface area contributed by atoms with E-state index in [2.05, 4.69) is 4.98 Å². The van der Waals surface area contributed by atoms with E-state index in [4.69, 9.17) is 0 Å².